The van der Waals surface area contributed by atoms with Crippen LogP contribution in [0.4, 0.5) is 0 Å². The smallest absolute Gasteiger partial charge is 0.308 e. The molecule has 7 heteroatoms. The summed E-state index contributed by atoms with van der Waals surface area (Å²) in [5.74, 6) is -2.95. The molecule has 0 saturated carbocycles. The van der Waals surface area contributed by atoms with Gasteiger partial charge in [0.1, 0.15) is 18.3 Å². The number of rotatable bonds is 1. The van der Waals surface area contributed by atoms with E-state index in [1.54, 1.807) is 0 Å². The van der Waals surface area contributed by atoms with Gasteiger partial charge in [0.25, 0.3) is 0 Å². The molecule has 4 unspecified atom stereocenters. The third kappa shape index (κ3) is 1.81. The maximum absolute atomic E-state index is 9.12. The van der Waals surface area contributed by atoms with Crippen molar-refractivity contribution >= 4 is 0 Å². The summed E-state index contributed by atoms with van der Waals surface area (Å²) in [7, 11) is 0. The molecule has 0 aromatic carbocycles. The van der Waals surface area contributed by atoms with Gasteiger partial charge in [0.05, 0.1) is 6.61 Å². The van der Waals surface area contributed by atoms with Crippen LogP contribution in [0.5, 0.6) is 0 Å². The fourth-order valence-corrected chi connectivity index (χ4v) is 1.14. The van der Waals surface area contributed by atoms with Gasteiger partial charge in [-0.2, -0.15) is 0 Å². The largest absolute Gasteiger partial charge is 0.394 e. The van der Waals surface area contributed by atoms with Crippen molar-refractivity contribution in [2.75, 3.05) is 6.61 Å². The third-order valence-corrected chi connectivity index (χ3v) is 1.94. The van der Waals surface area contributed by atoms with E-state index in [2.05, 4.69) is 4.74 Å². The van der Waals surface area contributed by atoms with Crippen molar-refractivity contribution in [3.05, 3.63) is 0 Å². The van der Waals surface area contributed by atoms with E-state index in [4.69, 9.17) is 30.6 Å². The minimum absolute atomic E-state index is 0.701. The predicted octanol–water partition coefficient (Wildman–Crippen LogP) is -3.90. The van der Waals surface area contributed by atoms with Crippen molar-refractivity contribution < 1.29 is 35.4 Å². The SMILES string of the molecule is OCC1OC(O)(O)C(O)C(O)C1O. The average Bonchev–Trinajstić information content (AvgIpc) is 2.08. The van der Waals surface area contributed by atoms with Gasteiger partial charge in [0.2, 0.25) is 0 Å². The normalized spacial score (nSPS) is 44.8. The van der Waals surface area contributed by atoms with E-state index in [1.807, 2.05) is 0 Å². The van der Waals surface area contributed by atoms with Crippen molar-refractivity contribution in [3.8, 4) is 0 Å². The second-order valence-corrected chi connectivity index (χ2v) is 2.92. The van der Waals surface area contributed by atoms with Crippen molar-refractivity contribution in [2.45, 2.75) is 30.4 Å². The van der Waals surface area contributed by atoms with E-state index >= 15 is 0 Å². The minimum atomic E-state index is -2.95. The van der Waals surface area contributed by atoms with Crippen molar-refractivity contribution in [1.29, 1.82) is 0 Å². The summed E-state index contributed by atoms with van der Waals surface area (Å²) in [5.41, 5.74) is 0. The van der Waals surface area contributed by atoms with E-state index < -0.39 is 37.0 Å². The first kappa shape index (κ1) is 10.8. The maximum Gasteiger partial charge on any atom is 0.308 e. The van der Waals surface area contributed by atoms with E-state index in [-0.39, 0.29) is 0 Å². The standard InChI is InChI=1S/C6H12O7/c7-1-2-3(8)4(9)5(10)6(11,12)13-2/h2-5,7-12H,1H2. The molecular weight excluding hydrogens is 184 g/mol. The summed E-state index contributed by atoms with van der Waals surface area (Å²) in [6, 6.07) is 0. The molecule has 0 aromatic rings. The molecule has 7 nitrogen and oxygen atoms in total. The Morgan fingerprint density at radius 1 is 1.08 bits per heavy atom. The Bertz CT molecular complexity index is 180. The molecule has 0 spiro atoms. The molecule has 1 aliphatic rings. The average molecular weight is 196 g/mol. The molecule has 0 amide bonds. The Hall–Kier alpha value is -0.280. The Morgan fingerprint density at radius 2 is 1.62 bits per heavy atom. The zero-order chi connectivity index (χ0) is 10.2. The fourth-order valence-electron chi connectivity index (χ4n) is 1.14. The molecule has 1 fully saturated rings. The molecule has 13 heavy (non-hydrogen) atoms. The number of ether oxygens (including phenoxy) is 1. The summed E-state index contributed by atoms with van der Waals surface area (Å²) in [4.78, 5) is 0. The zero-order valence-electron chi connectivity index (χ0n) is 6.61. The third-order valence-electron chi connectivity index (χ3n) is 1.94. The highest BCUT2D eigenvalue weighted by atomic mass is 16.8. The first-order valence-electron chi connectivity index (χ1n) is 3.67. The van der Waals surface area contributed by atoms with Gasteiger partial charge in [-0.25, -0.2) is 0 Å². The number of hydrogen-bond acceptors (Lipinski definition) is 7. The van der Waals surface area contributed by atoms with Gasteiger partial charge in [-0.15, -0.1) is 0 Å². The molecule has 0 radical (unpaired) electrons. The van der Waals surface area contributed by atoms with Gasteiger partial charge in [0, 0.05) is 0 Å². The Morgan fingerprint density at radius 3 is 2.08 bits per heavy atom. The minimum Gasteiger partial charge on any atom is -0.394 e. The summed E-state index contributed by atoms with van der Waals surface area (Å²) >= 11 is 0. The van der Waals surface area contributed by atoms with E-state index in [1.165, 1.54) is 0 Å². The highest BCUT2D eigenvalue weighted by molar-refractivity contribution is 4.90. The van der Waals surface area contributed by atoms with Crippen LogP contribution in [0, 0.1) is 0 Å². The molecule has 0 aromatic heterocycles. The summed E-state index contributed by atoms with van der Waals surface area (Å²) in [6.45, 7) is -0.701. The number of hydrogen-bond donors (Lipinski definition) is 6. The van der Waals surface area contributed by atoms with E-state index in [0.717, 1.165) is 0 Å². The molecule has 0 bridgehead atoms. The van der Waals surface area contributed by atoms with Gasteiger partial charge in [0.15, 0.2) is 6.10 Å². The van der Waals surface area contributed by atoms with Crippen LogP contribution in [0.1, 0.15) is 0 Å². The maximum atomic E-state index is 9.12. The molecule has 0 aliphatic carbocycles. The molecule has 6 N–H and O–H groups in total. The van der Waals surface area contributed by atoms with Crippen molar-refractivity contribution in [3.63, 3.8) is 0 Å². The lowest BCUT2D eigenvalue weighted by Crippen LogP contribution is -2.65. The highest BCUT2D eigenvalue weighted by Crippen LogP contribution is 2.25. The van der Waals surface area contributed by atoms with Crippen LogP contribution < -0.4 is 0 Å². The number of aliphatic hydroxyl groups excluding tert-OH is 4. The Kier molecular flexibility index (Phi) is 2.88. The van der Waals surface area contributed by atoms with Crippen LogP contribution in [0.3, 0.4) is 0 Å². The first-order chi connectivity index (χ1) is 5.90. The van der Waals surface area contributed by atoms with Crippen LogP contribution in [-0.4, -0.2) is 67.6 Å². The van der Waals surface area contributed by atoms with Gasteiger partial charge < -0.3 is 35.4 Å². The molecule has 1 aliphatic heterocycles. The number of aliphatic hydroxyl groups is 6. The zero-order valence-corrected chi connectivity index (χ0v) is 6.61. The van der Waals surface area contributed by atoms with Gasteiger partial charge in [-0.05, 0) is 0 Å². The quantitative estimate of drug-likeness (QED) is 0.236. The van der Waals surface area contributed by atoms with E-state index in [0.29, 0.717) is 0 Å². The monoisotopic (exact) mass is 196 g/mol. The van der Waals surface area contributed by atoms with Crippen LogP contribution in [0.25, 0.3) is 0 Å². The lowest BCUT2D eigenvalue weighted by molar-refractivity contribution is -0.435. The van der Waals surface area contributed by atoms with E-state index in [9.17, 15) is 0 Å². The van der Waals surface area contributed by atoms with Crippen LogP contribution in [0.2, 0.25) is 0 Å². The summed E-state index contributed by atoms with van der Waals surface area (Å²) < 4.78 is 4.32. The van der Waals surface area contributed by atoms with Crippen LogP contribution in [-0.2, 0) is 4.74 Å². The predicted molar refractivity (Wildman–Crippen MR) is 37.1 cm³/mol. The second-order valence-electron chi connectivity index (χ2n) is 2.92. The molecule has 4 atom stereocenters. The van der Waals surface area contributed by atoms with Crippen LogP contribution in [0.15, 0.2) is 0 Å². The molecule has 78 valence electrons. The van der Waals surface area contributed by atoms with Crippen molar-refractivity contribution in [2.24, 2.45) is 0 Å². The van der Waals surface area contributed by atoms with Crippen molar-refractivity contribution in [1.82, 2.24) is 0 Å². The fraction of sp³-hybridized carbons (Fsp3) is 1.00. The summed E-state index contributed by atoms with van der Waals surface area (Å²) in [6.07, 6.45) is -6.72. The lowest BCUT2D eigenvalue weighted by atomic mass is 9.98. The molecule has 1 saturated heterocycles. The first-order valence-corrected chi connectivity index (χ1v) is 3.67. The van der Waals surface area contributed by atoms with Gasteiger partial charge >= 0.3 is 5.97 Å². The van der Waals surface area contributed by atoms with Crippen LogP contribution >= 0.6 is 0 Å². The topological polar surface area (TPSA) is 131 Å². The molecule has 1 rings (SSSR count). The highest BCUT2D eigenvalue weighted by Gasteiger charge is 2.51. The summed E-state index contributed by atoms with van der Waals surface area (Å²) in [5, 5.41) is 53.6. The Labute approximate surface area is 73.4 Å². The molecule has 1 heterocycles. The lowest BCUT2D eigenvalue weighted by Gasteiger charge is -2.41. The van der Waals surface area contributed by atoms with Gasteiger partial charge in [-0.1, -0.05) is 0 Å². The molecular formula is C6H12O7. The Balaban J connectivity index is 2.79. The van der Waals surface area contributed by atoms with Gasteiger partial charge in [-0.3, -0.25) is 0 Å². The second kappa shape index (κ2) is 3.46.